The van der Waals surface area contributed by atoms with Crippen molar-refractivity contribution in [2.45, 2.75) is 52.7 Å². The Labute approximate surface area is 101 Å². The Morgan fingerprint density at radius 3 is 1.88 bits per heavy atom. The van der Waals surface area contributed by atoms with Gasteiger partial charge in [0.05, 0.1) is 0 Å². The van der Waals surface area contributed by atoms with Gasteiger partial charge in [-0.3, -0.25) is 0 Å². The van der Waals surface area contributed by atoms with Crippen LogP contribution in [0.25, 0.3) is 0 Å². The van der Waals surface area contributed by atoms with Crippen molar-refractivity contribution in [3.8, 4) is 0 Å². The van der Waals surface area contributed by atoms with Crippen molar-refractivity contribution < 1.29 is 13.3 Å². The van der Waals surface area contributed by atoms with Crippen LogP contribution in [0.3, 0.4) is 0 Å². The molecule has 0 heterocycles. The van der Waals surface area contributed by atoms with E-state index in [1.165, 1.54) is 0 Å². The smallest absolute Gasteiger partial charge is 0.374 e. The van der Waals surface area contributed by atoms with Crippen LogP contribution in [0.15, 0.2) is 0 Å². The summed E-state index contributed by atoms with van der Waals surface area (Å²) in [4.78, 5) is 0. The van der Waals surface area contributed by atoms with Gasteiger partial charge in [-0.1, -0.05) is 13.8 Å². The average Bonchev–Trinajstić information content (AvgIpc) is 2.18. The SMILES string of the molecule is CCO[Si](OCC)(OC(C)CCN)C(C)C. The molecule has 98 valence electrons. The minimum absolute atomic E-state index is 0.0946. The van der Waals surface area contributed by atoms with Crippen LogP contribution in [0.5, 0.6) is 0 Å². The highest BCUT2D eigenvalue weighted by molar-refractivity contribution is 6.62. The van der Waals surface area contributed by atoms with Crippen LogP contribution in [0.1, 0.15) is 41.0 Å². The summed E-state index contributed by atoms with van der Waals surface area (Å²) in [5.41, 5.74) is 5.80. The molecule has 0 aliphatic rings. The summed E-state index contributed by atoms with van der Waals surface area (Å²) in [5, 5.41) is 0. The molecule has 0 radical (unpaired) electrons. The molecule has 16 heavy (non-hydrogen) atoms. The van der Waals surface area contributed by atoms with E-state index in [-0.39, 0.29) is 11.6 Å². The van der Waals surface area contributed by atoms with Crippen molar-refractivity contribution >= 4 is 8.80 Å². The zero-order valence-corrected chi connectivity index (χ0v) is 12.3. The molecule has 0 fully saturated rings. The van der Waals surface area contributed by atoms with Crippen molar-refractivity contribution in [1.29, 1.82) is 0 Å². The first kappa shape index (κ1) is 16.1. The first-order valence-corrected chi connectivity index (χ1v) is 7.98. The Balaban J connectivity index is 4.59. The Kier molecular flexibility index (Phi) is 8.22. The molecule has 0 saturated carbocycles. The van der Waals surface area contributed by atoms with Gasteiger partial charge in [0.25, 0.3) is 0 Å². The zero-order chi connectivity index (χ0) is 12.6. The summed E-state index contributed by atoms with van der Waals surface area (Å²) >= 11 is 0. The third-order valence-electron chi connectivity index (χ3n) is 2.34. The zero-order valence-electron chi connectivity index (χ0n) is 11.3. The molecule has 0 aliphatic heterocycles. The lowest BCUT2D eigenvalue weighted by Crippen LogP contribution is -2.50. The molecule has 0 saturated heterocycles. The van der Waals surface area contributed by atoms with Crippen LogP contribution in [-0.4, -0.2) is 34.7 Å². The molecule has 0 aromatic carbocycles. The van der Waals surface area contributed by atoms with E-state index in [1.54, 1.807) is 0 Å². The fraction of sp³-hybridized carbons (Fsp3) is 1.00. The predicted octanol–water partition coefficient (Wildman–Crippen LogP) is 2.16. The van der Waals surface area contributed by atoms with E-state index in [0.717, 1.165) is 6.42 Å². The van der Waals surface area contributed by atoms with Gasteiger partial charge in [-0.05, 0) is 33.7 Å². The third-order valence-corrected chi connectivity index (χ3v) is 5.86. The normalized spacial score (nSPS) is 14.4. The maximum absolute atomic E-state index is 6.04. The summed E-state index contributed by atoms with van der Waals surface area (Å²) in [6, 6.07) is 0. The minimum Gasteiger partial charge on any atom is -0.374 e. The van der Waals surface area contributed by atoms with Crippen molar-refractivity contribution in [2.24, 2.45) is 5.73 Å². The lowest BCUT2D eigenvalue weighted by Gasteiger charge is -2.34. The summed E-state index contributed by atoms with van der Waals surface area (Å²) in [5.74, 6) is 0. The summed E-state index contributed by atoms with van der Waals surface area (Å²) in [6.45, 7) is 12.0. The Morgan fingerprint density at radius 1 is 1.06 bits per heavy atom. The van der Waals surface area contributed by atoms with Gasteiger partial charge in [-0.15, -0.1) is 0 Å². The molecule has 0 rings (SSSR count). The first-order chi connectivity index (χ1) is 7.52. The molecule has 0 aromatic heterocycles. The quantitative estimate of drug-likeness (QED) is 0.636. The van der Waals surface area contributed by atoms with Crippen LogP contribution in [0, 0.1) is 0 Å². The highest BCUT2D eigenvalue weighted by atomic mass is 28.4. The second-order valence-corrected chi connectivity index (χ2v) is 7.30. The van der Waals surface area contributed by atoms with E-state index in [0.29, 0.717) is 19.8 Å². The van der Waals surface area contributed by atoms with E-state index in [9.17, 15) is 0 Å². The fourth-order valence-corrected chi connectivity index (χ4v) is 4.20. The van der Waals surface area contributed by atoms with Gasteiger partial charge >= 0.3 is 8.80 Å². The molecule has 0 amide bonds. The topological polar surface area (TPSA) is 53.7 Å². The average molecular weight is 249 g/mol. The minimum atomic E-state index is -2.53. The van der Waals surface area contributed by atoms with Gasteiger partial charge in [0.1, 0.15) is 0 Å². The molecule has 1 atom stereocenters. The number of nitrogens with two attached hydrogens (primary N) is 1. The molecular formula is C11H27NO3Si. The van der Waals surface area contributed by atoms with Gasteiger partial charge in [0.2, 0.25) is 0 Å². The van der Waals surface area contributed by atoms with E-state index in [2.05, 4.69) is 13.8 Å². The van der Waals surface area contributed by atoms with Crippen molar-refractivity contribution in [3.63, 3.8) is 0 Å². The molecule has 0 spiro atoms. The van der Waals surface area contributed by atoms with E-state index < -0.39 is 8.80 Å². The molecular weight excluding hydrogens is 222 g/mol. The first-order valence-electron chi connectivity index (χ1n) is 6.18. The van der Waals surface area contributed by atoms with Crippen molar-refractivity contribution in [3.05, 3.63) is 0 Å². The van der Waals surface area contributed by atoms with E-state index in [1.807, 2.05) is 20.8 Å². The predicted molar refractivity (Wildman–Crippen MR) is 68.3 cm³/mol. The molecule has 0 aliphatic carbocycles. The van der Waals surface area contributed by atoms with Crippen LogP contribution >= 0.6 is 0 Å². The number of hydrogen-bond donors (Lipinski definition) is 1. The highest BCUT2D eigenvalue weighted by Gasteiger charge is 2.45. The van der Waals surface area contributed by atoms with Gasteiger partial charge in [0.15, 0.2) is 0 Å². The van der Waals surface area contributed by atoms with E-state index >= 15 is 0 Å². The molecule has 1 unspecified atom stereocenters. The van der Waals surface area contributed by atoms with Crippen LogP contribution in [0.2, 0.25) is 5.54 Å². The Bertz CT molecular complexity index is 173. The fourth-order valence-electron chi connectivity index (χ4n) is 1.56. The van der Waals surface area contributed by atoms with Crippen LogP contribution < -0.4 is 5.73 Å². The summed E-state index contributed by atoms with van der Waals surface area (Å²) < 4.78 is 17.6. The van der Waals surface area contributed by atoms with Gasteiger partial charge in [-0.2, -0.15) is 0 Å². The van der Waals surface area contributed by atoms with Crippen LogP contribution in [-0.2, 0) is 13.3 Å². The van der Waals surface area contributed by atoms with Crippen molar-refractivity contribution in [2.75, 3.05) is 19.8 Å². The van der Waals surface area contributed by atoms with Gasteiger partial charge < -0.3 is 19.0 Å². The van der Waals surface area contributed by atoms with Gasteiger partial charge in [0, 0.05) is 24.9 Å². The second-order valence-electron chi connectivity index (χ2n) is 4.13. The maximum atomic E-state index is 6.04. The lowest BCUT2D eigenvalue weighted by molar-refractivity contribution is 0.0302. The molecule has 5 heteroatoms. The summed E-state index contributed by atoms with van der Waals surface area (Å²) in [7, 11) is -2.53. The van der Waals surface area contributed by atoms with Crippen LogP contribution in [0.4, 0.5) is 0 Å². The molecule has 0 aromatic rings. The molecule has 4 nitrogen and oxygen atoms in total. The maximum Gasteiger partial charge on any atom is 0.503 e. The Morgan fingerprint density at radius 2 is 1.56 bits per heavy atom. The van der Waals surface area contributed by atoms with Crippen molar-refractivity contribution in [1.82, 2.24) is 0 Å². The van der Waals surface area contributed by atoms with Gasteiger partial charge in [-0.25, -0.2) is 0 Å². The Hall–Kier alpha value is 0.0569. The lowest BCUT2D eigenvalue weighted by atomic mass is 10.3. The second kappa shape index (κ2) is 8.19. The van der Waals surface area contributed by atoms with E-state index in [4.69, 9.17) is 19.0 Å². The highest BCUT2D eigenvalue weighted by Crippen LogP contribution is 2.26. The third kappa shape index (κ3) is 4.93. The molecule has 2 N–H and O–H groups in total. The summed E-state index contributed by atoms with van der Waals surface area (Å²) in [6.07, 6.45) is 0.930. The standard InChI is InChI=1S/C11H27NO3Si/c1-6-13-16(10(3)4,14-7-2)15-11(5)8-9-12/h10-11H,6-9,12H2,1-5H3. The molecule has 0 bridgehead atoms. The number of hydrogen-bond acceptors (Lipinski definition) is 4. The monoisotopic (exact) mass is 249 g/mol. The largest absolute Gasteiger partial charge is 0.503 e. The number of rotatable bonds is 9.